The summed E-state index contributed by atoms with van der Waals surface area (Å²) in [6, 6.07) is 0. The highest BCUT2D eigenvalue weighted by atomic mass is 35.5. The van der Waals surface area contributed by atoms with E-state index in [2.05, 4.69) is 20.0 Å². The molecule has 1 aliphatic carbocycles. The van der Waals surface area contributed by atoms with Crippen LogP contribution in [0.3, 0.4) is 0 Å². The zero-order valence-electron chi connectivity index (χ0n) is 10.0. The second-order valence-corrected chi connectivity index (χ2v) is 6.16. The molecule has 3 atom stereocenters. The first-order chi connectivity index (χ1) is 7.13. The third-order valence-electron chi connectivity index (χ3n) is 4.17. The minimum Gasteiger partial charge on any atom is -0.326 e. The molecule has 2 rings (SSSR count). The van der Waals surface area contributed by atoms with E-state index in [9.17, 15) is 0 Å². The molecule has 0 saturated carbocycles. The minimum absolute atomic E-state index is 0.865. The summed E-state index contributed by atoms with van der Waals surface area (Å²) in [4.78, 5) is 0. The highest BCUT2D eigenvalue weighted by Gasteiger charge is 2.42. The number of hydrogen-bond donors (Lipinski definition) is 0. The molecule has 1 fully saturated rings. The molecule has 1 heterocycles. The first-order valence-electron chi connectivity index (χ1n) is 6.31. The maximum Gasteiger partial charge on any atom is 0.0821 e. The second kappa shape index (κ2) is 4.47. The molecular formula is C13H23ClN+. The molecule has 1 nitrogen and oxygen atoms in total. The third-order valence-corrected chi connectivity index (χ3v) is 4.48. The number of allylic oxidation sites excluding steroid dienone is 2. The molecule has 0 aromatic heterocycles. The van der Waals surface area contributed by atoms with Gasteiger partial charge in [0.25, 0.3) is 0 Å². The van der Waals surface area contributed by atoms with Crippen molar-refractivity contribution in [2.45, 2.75) is 32.6 Å². The average molecular weight is 229 g/mol. The van der Waals surface area contributed by atoms with Gasteiger partial charge in [0.15, 0.2) is 0 Å². The number of hydrogen-bond acceptors (Lipinski definition) is 0. The van der Waals surface area contributed by atoms with Crippen molar-refractivity contribution in [3.8, 4) is 0 Å². The normalized spacial score (nSPS) is 40.1. The van der Waals surface area contributed by atoms with Crippen LogP contribution < -0.4 is 0 Å². The second-order valence-electron chi connectivity index (χ2n) is 5.67. The molecule has 1 saturated heterocycles. The maximum absolute atomic E-state index is 6.13. The number of nitrogens with zero attached hydrogens (tertiary/aromatic N) is 1. The van der Waals surface area contributed by atoms with Crippen LogP contribution in [0.2, 0.25) is 0 Å². The number of likely N-dealkylation sites (tertiary alicyclic amines) is 1. The lowest BCUT2D eigenvalue weighted by atomic mass is 9.86. The number of unbranched alkanes of at least 4 members (excludes halogenated alkanes) is 1. The Balaban J connectivity index is 1.95. The Hall–Kier alpha value is -0.0100. The van der Waals surface area contributed by atoms with Crippen molar-refractivity contribution in [2.24, 2.45) is 11.8 Å². The first kappa shape index (κ1) is 11.5. The van der Waals surface area contributed by atoms with Gasteiger partial charge in [0.2, 0.25) is 0 Å². The third kappa shape index (κ3) is 2.57. The summed E-state index contributed by atoms with van der Waals surface area (Å²) in [7, 11) is 2.43. The molecule has 1 unspecified atom stereocenters. The molecule has 0 amide bonds. The molecular weight excluding hydrogens is 206 g/mol. The van der Waals surface area contributed by atoms with Crippen LogP contribution in [0, 0.1) is 11.8 Å². The zero-order chi connectivity index (χ0) is 10.9. The summed E-state index contributed by atoms with van der Waals surface area (Å²) < 4.78 is 1.29. The van der Waals surface area contributed by atoms with E-state index in [1.165, 1.54) is 43.4 Å². The van der Waals surface area contributed by atoms with Crippen LogP contribution in [0.1, 0.15) is 32.6 Å². The fourth-order valence-corrected chi connectivity index (χ4v) is 3.63. The van der Waals surface area contributed by atoms with Crippen molar-refractivity contribution < 1.29 is 4.48 Å². The van der Waals surface area contributed by atoms with Gasteiger partial charge in [-0.3, -0.25) is 0 Å². The molecule has 2 aliphatic rings. The lowest BCUT2D eigenvalue weighted by molar-refractivity contribution is -0.900. The Morgan fingerprint density at radius 2 is 2.13 bits per heavy atom. The minimum atomic E-state index is 0.865. The van der Waals surface area contributed by atoms with E-state index >= 15 is 0 Å². The van der Waals surface area contributed by atoms with Crippen molar-refractivity contribution in [2.75, 3.05) is 26.7 Å². The van der Waals surface area contributed by atoms with Crippen molar-refractivity contribution in [3.05, 3.63) is 11.1 Å². The Bertz CT molecular complexity index is 261. The monoisotopic (exact) mass is 228 g/mol. The first-order valence-corrected chi connectivity index (χ1v) is 6.69. The van der Waals surface area contributed by atoms with Crippen molar-refractivity contribution in [3.63, 3.8) is 0 Å². The van der Waals surface area contributed by atoms with Crippen LogP contribution in [0.5, 0.6) is 0 Å². The smallest absolute Gasteiger partial charge is 0.0821 e. The van der Waals surface area contributed by atoms with E-state index in [4.69, 9.17) is 11.6 Å². The number of fused-ring (bicyclic) bond motifs is 1. The van der Waals surface area contributed by atoms with Crippen LogP contribution in [0.15, 0.2) is 11.1 Å². The van der Waals surface area contributed by atoms with Crippen LogP contribution >= 0.6 is 11.6 Å². The molecule has 86 valence electrons. The Morgan fingerprint density at radius 3 is 2.87 bits per heavy atom. The van der Waals surface area contributed by atoms with Crippen LogP contribution in [-0.4, -0.2) is 31.2 Å². The van der Waals surface area contributed by atoms with Crippen LogP contribution in [0.4, 0.5) is 0 Å². The van der Waals surface area contributed by atoms with Crippen molar-refractivity contribution in [1.82, 2.24) is 0 Å². The van der Waals surface area contributed by atoms with Crippen molar-refractivity contribution >= 4 is 11.6 Å². The maximum atomic E-state index is 6.13. The van der Waals surface area contributed by atoms with E-state index in [1.807, 2.05) is 0 Å². The fraction of sp³-hybridized carbons (Fsp3) is 0.846. The quantitative estimate of drug-likeness (QED) is 0.650. The topological polar surface area (TPSA) is 0 Å². The highest BCUT2D eigenvalue weighted by Crippen LogP contribution is 2.39. The molecule has 0 bridgehead atoms. The summed E-state index contributed by atoms with van der Waals surface area (Å²) in [5.74, 6) is 1.78. The Labute approximate surface area is 98.7 Å². The van der Waals surface area contributed by atoms with E-state index in [1.54, 1.807) is 0 Å². The fourth-order valence-electron chi connectivity index (χ4n) is 3.34. The van der Waals surface area contributed by atoms with E-state index in [-0.39, 0.29) is 0 Å². The van der Waals surface area contributed by atoms with Gasteiger partial charge in [-0.25, -0.2) is 0 Å². The van der Waals surface area contributed by atoms with Gasteiger partial charge in [-0.2, -0.15) is 0 Å². The van der Waals surface area contributed by atoms with Crippen molar-refractivity contribution in [1.29, 1.82) is 0 Å². The predicted octanol–water partition coefficient (Wildman–Crippen LogP) is 3.40. The number of rotatable bonds is 3. The van der Waals surface area contributed by atoms with E-state index < -0.39 is 0 Å². The number of quaternary nitrogens is 1. The molecule has 0 radical (unpaired) electrons. The van der Waals surface area contributed by atoms with Gasteiger partial charge in [-0.1, -0.05) is 31.0 Å². The van der Waals surface area contributed by atoms with Gasteiger partial charge < -0.3 is 4.48 Å². The Kier molecular flexibility index (Phi) is 3.42. The molecule has 0 N–H and O–H groups in total. The largest absolute Gasteiger partial charge is 0.326 e. The van der Waals surface area contributed by atoms with Gasteiger partial charge in [-0.15, -0.1) is 0 Å². The summed E-state index contributed by atoms with van der Waals surface area (Å²) in [5.41, 5.74) is 0. The van der Waals surface area contributed by atoms with Gasteiger partial charge in [-0.05, 0) is 19.3 Å². The predicted molar refractivity (Wildman–Crippen MR) is 65.8 cm³/mol. The lowest BCUT2D eigenvalue weighted by Crippen LogP contribution is -2.42. The molecule has 2 heteroatoms. The standard InChI is InChI=1S/C13H23ClN/c1-3-4-7-15(2)9-11-5-6-13(14)8-12(11)10-15/h6,11-12H,3-5,7-10H2,1-2H3/q+1/t11-,12+,15?/m1/s1. The van der Waals surface area contributed by atoms with Gasteiger partial charge in [0.05, 0.1) is 26.7 Å². The molecule has 1 aliphatic heterocycles. The van der Waals surface area contributed by atoms with E-state index in [0.717, 1.165) is 23.3 Å². The number of halogens is 1. The molecule has 15 heavy (non-hydrogen) atoms. The molecule has 0 aromatic carbocycles. The summed E-state index contributed by atoms with van der Waals surface area (Å²) in [6.07, 6.45) is 7.31. The van der Waals surface area contributed by atoms with Crippen LogP contribution in [0.25, 0.3) is 0 Å². The molecule has 0 spiro atoms. The van der Waals surface area contributed by atoms with Gasteiger partial charge >= 0.3 is 0 Å². The summed E-state index contributed by atoms with van der Waals surface area (Å²) in [6.45, 7) is 6.38. The SMILES string of the molecule is CCCC[N+]1(C)C[C@H]2CC=C(Cl)C[C@H]2C1. The van der Waals surface area contributed by atoms with Gasteiger partial charge in [0.1, 0.15) is 0 Å². The lowest BCUT2D eigenvalue weighted by Gasteiger charge is -2.29. The van der Waals surface area contributed by atoms with Crippen LogP contribution in [-0.2, 0) is 0 Å². The summed E-state index contributed by atoms with van der Waals surface area (Å²) >= 11 is 6.13. The zero-order valence-corrected chi connectivity index (χ0v) is 10.8. The average Bonchev–Trinajstić information content (AvgIpc) is 2.51. The summed E-state index contributed by atoms with van der Waals surface area (Å²) in [5, 5.41) is 1.11. The van der Waals surface area contributed by atoms with Gasteiger partial charge in [0, 0.05) is 16.9 Å². The highest BCUT2D eigenvalue weighted by molar-refractivity contribution is 6.29. The van der Waals surface area contributed by atoms with E-state index in [0.29, 0.717) is 0 Å². The Morgan fingerprint density at radius 1 is 1.40 bits per heavy atom. The molecule has 0 aromatic rings.